The molecule has 0 spiro atoms. The molecule has 74 valence electrons. The van der Waals surface area contributed by atoms with Crippen molar-refractivity contribution >= 4 is 0 Å². The van der Waals surface area contributed by atoms with Gasteiger partial charge in [-0.15, -0.1) is 0 Å². The third-order valence-corrected chi connectivity index (χ3v) is 1.46. The summed E-state index contributed by atoms with van der Waals surface area (Å²) in [6, 6.07) is 8.06. The Morgan fingerprint density at radius 2 is 1.62 bits per heavy atom. The summed E-state index contributed by atoms with van der Waals surface area (Å²) in [6.07, 6.45) is 0.260. The lowest BCUT2D eigenvalue weighted by Crippen LogP contribution is -2.06. The Morgan fingerprint density at radius 1 is 1.08 bits per heavy atom. The lowest BCUT2D eigenvalue weighted by atomic mass is 10.2. The fourth-order valence-corrected chi connectivity index (χ4v) is 0.943. The highest BCUT2D eigenvalue weighted by molar-refractivity contribution is 5.31. The predicted molar refractivity (Wildman–Crippen MR) is 58.3 cm³/mol. The monoisotopic (exact) mass is 180 g/mol. The molecule has 1 nitrogen and oxygen atoms in total. The lowest BCUT2D eigenvalue weighted by molar-refractivity contribution is 0.241. The van der Waals surface area contributed by atoms with E-state index in [2.05, 4.69) is 13.0 Å². The molecule has 0 aromatic heterocycles. The number of rotatable bonds is 2. The van der Waals surface area contributed by atoms with Crippen LogP contribution in [-0.4, -0.2) is 6.10 Å². The Hall–Kier alpha value is -0.980. The second-order valence-electron chi connectivity index (χ2n) is 2.93. The van der Waals surface area contributed by atoms with E-state index in [0.717, 1.165) is 5.75 Å². The molecule has 0 heterocycles. The first kappa shape index (κ1) is 12.0. The third kappa shape index (κ3) is 4.56. The SMILES string of the molecule is CC.Cc1ccccc1OC(C)C. The number of benzene rings is 1. The molecule has 0 atom stereocenters. The molecule has 13 heavy (non-hydrogen) atoms. The van der Waals surface area contributed by atoms with Crippen LogP contribution in [0, 0.1) is 6.92 Å². The van der Waals surface area contributed by atoms with Crippen molar-refractivity contribution in [2.24, 2.45) is 0 Å². The molecule has 0 aliphatic heterocycles. The summed E-state index contributed by atoms with van der Waals surface area (Å²) >= 11 is 0. The van der Waals surface area contributed by atoms with Crippen LogP contribution < -0.4 is 4.74 Å². The van der Waals surface area contributed by atoms with Gasteiger partial charge in [-0.25, -0.2) is 0 Å². The van der Waals surface area contributed by atoms with Crippen LogP contribution in [0.25, 0.3) is 0 Å². The maximum atomic E-state index is 5.54. The van der Waals surface area contributed by atoms with E-state index in [1.165, 1.54) is 5.56 Å². The summed E-state index contributed by atoms with van der Waals surface area (Å²) in [4.78, 5) is 0. The smallest absolute Gasteiger partial charge is 0.122 e. The van der Waals surface area contributed by atoms with Crippen LogP contribution in [0.5, 0.6) is 5.75 Å². The Balaban J connectivity index is 0.000000671. The average Bonchev–Trinajstić information content (AvgIpc) is 2.12. The van der Waals surface area contributed by atoms with Gasteiger partial charge < -0.3 is 4.74 Å². The van der Waals surface area contributed by atoms with E-state index in [1.807, 2.05) is 45.9 Å². The fourth-order valence-electron chi connectivity index (χ4n) is 0.943. The molecular weight excluding hydrogens is 160 g/mol. The van der Waals surface area contributed by atoms with E-state index in [4.69, 9.17) is 4.74 Å². The van der Waals surface area contributed by atoms with Crippen molar-refractivity contribution in [1.29, 1.82) is 0 Å². The highest BCUT2D eigenvalue weighted by Gasteiger charge is 1.98. The van der Waals surface area contributed by atoms with Crippen molar-refractivity contribution in [2.45, 2.75) is 40.7 Å². The van der Waals surface area contributed by atoms with Crippen molar-refractivity contribution in [3.63, 3.8) is 0 Å². The van der Waals surface area contributed by atoms with Gasteiger partial charge >= 0.3 is 0 Å². The van der Waals surface area contributed by atoms with Gasteiger partial charge in [0.1, 0.15) is 5.75 Å². The van der Waals surface area contributed by atoms with Crippen LogP contribution in [-0.2, 0) is 0 Å². The number of aryl methyl sites for hydroxylation is 1. The highest BCUT2D eigenvalue weighted by atomic mass is 16.5. The van der Waals surface area contributed by atoms with Gasteiger partial charge in [0.15, 0.2) is 0 Å². The molecule has 0 saturated carbocycles. The first-order valence-electron chi connectivity index (χ1n) is 4.92. The summed E-state index contributed by atoms with van der Waals surface area (Å²) in [5.41, 5.74) is 1.20. The van der Waals surface area contributed by atoms with Crippen LogP contribution in [0.3, 0.4) is 0 Å². The van der Waals surface area contributed by atoms with Crippen LogP contribution in [0.15, 0.2) is 24.3 Å². The normalized spacial score (nSPS) is 9.08. The van der Waals surface area contributed by atoms with Crippen molar-refractivity contribution in [3.05, 3.63) is 29.8 Å². The van der Waals surface area contributed by atoms with E-state index in [1.54, 1.807) is 0 Å². The van der Waals surface area contributed by atoms with Gasteiger partial charge in [-0.3, -0.25) is 0 Å². The Morgan fingerprint density at radius 3 is 2.08 bits per heavy atom. The lowest BCUT2D eigenvalue weighted by Gasteiger charge is -2.11. The average molecular weight is 180 g/mol. The molecule has 1 aromatic carbocycles. The molecule has 1 aromatic rings. The maximum absolute atomic E-state index is 5.54. The largest absolute Gasteiger partial charge is 0.491 e. The van der Waals surface area contributed by atoms with Crippen LogP contribution in [0.1, 0.15) is 33.3 Å². The maximum Gasteiger partial charge on any atom is 0.122 e. The Bertz CT molecular complexity index is 228. The first-order valence-corrected chi connectivity index (χ1v) is 4.92. The summed E-state index contributed by atoms with van der Waals surface area (Å²) in [6.45, 7) is 10.1. The van der Waals surface area contributed by atoms with Gasteiger partial charge in [-0.2, -0.15) is 0 Å². The highest BCUT2D eigenvalue weighted by Crippen LogP contribution is 2.17. The van der Waals surface area contributed by atoms with E-state index < -0.39 is 0 Å². The van der Waals surface area contributed by atoms with E-state index >= 15 is 0 Å². The molecule has 0 radical (unpaired) electrons. The molecule has 0 aliphatic carbocycles. The topological polar surface area (TPSA) is 9.23 Å². The zero-order chi connectivity index (χ0) is 10.3. The van der Waals surface area contributed by atoms with Crippen LogP contribution in [0.4, 0.5) is 0 Å². The number of ether oxygens (including phenoxy) is 1. The minimum absolute atomic E-state index is 0.260. The standard InChI is InChI=1S/C10H14O.C2H6/c1-8(2)11-10-7-5-4-6-9(10)3;1-2/h4-8H,1-3H3;1-2H3. The van der Waals surface area contributed by atoms with E-state index in [-0.39, 0.29) is 6.10 Å². The molecular formula is C12H20O. The molecule has 0 N–H and O–H groups in total. The minimum Gasteiger partial charge on any atom is -0.491 e. The Kier molecular flexibility index (Phi) is 6.03. The van der Waals surface area contributed by atoms with Gasteiger partial charge in [-0.1, -0.05) is 32.0 Å². The summed E-state index contributed by atoms with van der Waals surface area (Å²) in [7, 11) is 0. The molecule has 1 heteroatoms. The molecule has 0 fully saturated rings. The van der Waals surface area contributed by atoms with Gasteiger partial charge in [-0.05, 0) is 32.4 Å². The summed E-state index contributed by atoms with van der Waals surface area (Å²) in [5, 5.41) is 0. The zero-order valence-corrected chi connectivity index (χ0v) is 9.29. The number of para-hydroxylation sites is 1. The van der Waals surface area contributed by atoms with Crippen molar-refractivity contribution in [2.75, 3.05) is 0 Å². The van der Waals surface area contributed by atoms with Crippen LogP contribution >= 0.6 is 0 Å². The summed E-state index contributed by atoms with van der Waals surface area (Å²) in [5.74, 6) is 0.988. The minimum atomic E-state index is 0.260. The van der Waals surface area contributed by atoms with Crippen molar-refractivity contribution < 1.29 is 4.74 Å². The van der Waals surface area contributed by atoms with Crippen molar-refractivity contribution in [3.8, 4) is 5.75 Å². The second-order valence-corrected chi connectivity index (χ2v) is 2.93. The quantitative estimate of drug-likeness (QED) is 0.672. The molecule has 0 amide bonds. The van der Waals surface area contributed by atoms with Crippen LogP contribution in [0.2, 0.25) is 0 Å². The van der Waals surface area contributed by atoms with E-state index in [0.29, 0.717) is 0 Å². The molecule has 0 bridgehead atoms. The molecule has 0 unspecified atom stereocenters. The van der Waals surface area contributed by atoms with Gasteiger partial charge in [0.2, 0.25) is 0 Å². The first-order chi connectivity index (χ1) is 6.20. The van der Waals surface area contributed by atoms with E-state index in [9.17, 15) is 0 Å². The molecule has 1 rings (SSSR count). The fraction of sp³-hybridized carbons (Fsp3) is 0.500. The van der Waals surface area contributed by atoms with Gasteiger partial charge in [0.05, 0.1) is 6.10 Å². The number of hydrogen-bond donors (Lipinski definition) is 0. The Labute approximate surface area is 81.7 Å². The van der Waals surface area contributed by atoms with Crippen molar-refractivity contribution in [1.82, 2.24) is 0 Å². The molecule has 0 saturated heterocycles. The summed E-state index contributed by atoms with van der Waals surface area (Å²) < 4.78 is 5.54. The zero-order valence-electron chi connectivity index (χ0n) is 9.29. The predicted octanol–water partition coefficient (Wildman–Crippen LogP) is 3.81. The third-order valence-electron chi connectivity index (χ3n) is 1.46. The molecule has 0 aliphatic rings. The number of hydrogen-bond acceptors (Lipinski definition) is 1. The second kappa shape index (κ2) is 6.53. The van der Waals surface area contributed by atoms with Gasteiger partial charge in [0.25, 0.3) is 0 Å². The van der Waals surface area contributed by atoms with Gasteiger partial charge in [0, 0.05) is 0 Å².